The first-order valence-corrected chi connectivity index (χ1v) is 11.0. The molecule has 2 rings (SSSR count). The van der Waals surface area contributed by atoms with Crippen molar-refractivity contribution in [2.45, 2.75) is 64.5 Å². The van der Waals surface area contributed by atoms with E-state index in [4.69, 9.17) is 4.74 Å². The molecule has 0 unspecified atom stereocenters. The normalized spacial score (nSPS) is 15.9. The molecule has 0 aromatic heterocycles. The summed E-state index contributed by atoms with van der Waals surface area (Å²) in [4.78, 5) is 36.1. The van der Waals surface area contributed by atoms with Crippen LogP contribution in [0.3, 0.4) is 0 Å². The van der Waals surface area contributed by atoms with Crippen molar-refractivity contribution in [1.82, 2.24) is 5.32 Å². The molecule has 2 amide bonds. The molecule has 0 spiro atoms. The molecule has 6 nitrogen and oxygen atoms in total. The molecule has 1 atom stereocenters. The molecule has 1 saturated carbocycles. The number of nitrogens with one attached hydrogen (secondary N) is 2. The van der Waals surface area contributed by atoms with Crippen LogP contribution in [0.1, 0.15) is 51.0 Å². The summed E-state index contributed by atoms with van der Waals surface area (Å²) in [5, 5.41) is 5.77. The van der Waals surface area contributed by atoms with Gasteiger partial charge >= 0.3 is 5.97 Å². The molecule has 0 aliphatic heterocycles. The third kappa shape index (κ3) is 8.33. The highest BCUT2D eigenvalue weighted by Crippen LogP contribution is 2.17. The van der Waals surface area contributed by atoms with Gasteiger partial charge < -0.3 is 15.4 Å². The molecule has 1 aromatic carbocycles. The lowest BCUT2D eigenvalue weighted by atomic mass is 10.1. The first-order chi connectivity index (χ1) is 13.4. The number of hydrogen-bond acceptors (Lipinski definition) is 5. The molecule has 0 saturated heterocycles. The first kappa shape index (κ1) is 22.3. The molecule has 0 heterocycles. The highest BCUT2D eigenvalue weighted by molar-refractivity contribution is 8.00. The third-order valence-corrected chi connectivity index (χ3v) is 5.54. The van der Waals surface area contributed by atoms with Crippen LogP contribution in [0.25, 0.3) is 0 Å². The van der Waals surface area contributed by atoms with Crippen LogP contribution >= 0.6 is 11.8 Å². The van der Waals surface area contributed by atoms with Crippen LogP contribution in [0.2, 0.25) is 0 Å². The maximum absolute atomic E-state index is 12.2. The lowest BCUT2D eigenvalue weighted by Crippen LogP contribution is -2.42. The smallest absolute Gasteiger partial charge is 0.316 e. The SMILES string of the molecule is Cc1cccc(NC(=O)CSCC(=O)O[C@@H](C)C(=O)NC2CCCCCC2)c1. The van der Waals surface area contributed by atoms with Gasteiger partial charge in [-0.25, -0.2) is 0 Å². The zero-order chi connectivity index (χ0) is 20.4. The summed E-state index contributed by atoms with van der Waals surface area (Å²) in [5.74, 6) is -0.740. The molecule has 154 valence electrons. The van der Waals surface area contributed by atoms with Crippen molar-refractivity contribution in [3.8, 4) is 0 Å². The van der Waals surface area contributed by atoms with Crippen LogP contribution in [0, 0.1) is 6.92 Å². The highest BCUT2D eigenvalue weighted by atomic mass is 32.2. The number of thioether (sulfide) groups is 1. The van der Waals surface area contributed by atoms with Crippen molar-refractivity contribution in [3.05, 3.63) is 29.8 Å². The van der Waals surface area contributed by atoms with E-state index in [0.29, 0.717) is 0 Å². The lowest BCUT2D eigenvalue weighted by Gasteiger charge is -2.19. The second-order valence-electron chi connectivity index (χ2n) is 7.24. The van der Waals surface area contributed by atoms with Crippen molar-refractivity contribution >= 4 is 35.2 Å². The van der Waals surface area contributed by atoms with E-state index in [1.807, 2.05) is 31.2 Å². The summed E-state index contributed by atoms with van der Waals surface area (Å²) in [5.41, 5.74) is 1.79. The van der Waals surface area contributed by atoms with E-state index < -0.39 is 12.1 Å². The van der Waals surface area contributed by atoms with Crippen LogP contribution < -0.4 is 10.6 Å². The van der Waals surface area contributed by atoms with Gasteiger partial charge in [0, 0.05) is 11.7 Å². The number of anilines is 1. The van der Waals surface area contributed by atoms with Gasteiger partial charge in [-0.2, -0.15) is 0 Å². The molecule has 1 aliphatic rings. The summed E-state index contributed by atoms with van der Waals surface area (Å²) >= 11 is 1.17. The fourth-order valence-electron chi connectivity index (χ4n) is 3.17. The van der Waals surface area contributed by atoms with Crippen molar-refractivity contribution in [3.63, 3.8) is 0 Å². The number of hydrogen-bond donors (Lipinski definition) is 2. The van der Waals surface area contributed by atoms with Gasteiger partial charge in [-0.1, -0.05) is 37.8 Å². The minimum absolute atomic E-state index is 0.0300. The molecule has 28 heavy (non-hydrogen) atoms. The quantitative estimate of drug-likeness (QED) is 0.510. The van der Waals surface area contributed by atoms with E-state index in [0.717, 1.165) is 36.9 Å². The molecular formula is C21H30N2O4S. The Hall–Kier alpha value is -2.02. The van der Waals surface area contributed by atoms with Gasteiger partial charge in [0.05, 0.1) is 11.5 Å². The van der Waals surface area contributed by atoms with E-state index in [1.54, 1.807) is 6.92 Å². The standard InChI is InChI=1S/C21H30N2O4S/c1-15-8-7-11-18(12-15)22-19(24)13-28-14-20(25)27-16(2)21(26)23-17-9-5-3-4-6-10-17/h7-8,11-12,16-17H,3-6,9-10,13-14H2,1-2H3,(H,22,24)(H,23,26)/t16-/m0/s1. The second-order valence-corrected chi connectivity index (χ2v) is 8.23. The van der Waals surface area contributed by atoms with Gasteiger partial charge in [0.25, 0.3) is 5.91 Å². The molecule has 1 fully saturated rings. The van der Waals surface area contributed by atoms with E-state index in [-0.39, 0.29) is 29.4 Å². The number of esters is 1. The average Bonchev–Trinajstić information content (AvgIpc) is 2.90. The first-order valence-electron chi connectivity index (χ1n) is 9.88. The van der Waals surface area contributed by atoms with Crippen LogP contribution in [-0.2, 0) is 19.1 Å². The molecule has 7 heteroatoms. The molecule has 1 aliphatic carbocycles. The Kier molecular flexibility index (Phi) is 9.34. The maximum atomic E-state index is 12.2. The zero-order valence-corrected chi connectivity index (χ0v) is 17.5. The minimum Gasteiger partial charge on any atom is -0.452 e. The number of aryl methyl sites for hydroxylation is 1. The number of carbonyl (C=O) groups excluding carboxylic acids is 3. The Morgan fingerprint density at radius 1 is 1.14 bits per heavy atom. The minimum atomic E-state index is -0.822. The van der Waals surface area contributed by atoms with Gasteiger partial charge in [-0.15, -0.1) is 11.8 Å². The van der Waals surface area contributed by atoms with Crippen LogP contribution in [0.15, 0.2) is 24.3 Å². The van der Waals surface area contributed by atoms with E-state index in [1.165, 1.54) is 24.6 Å². The Morgan fingerprint density at radius 3 is 2.54 bits per heavy atom. The van der Waals surface area contributed by atoms with E-state index in [9.17, 15) is 14.4 Å². The summed E-state index contributed by atoms with van der Waals surface area (Å²) < 4.78 is 5.20. The zero-order valence-electron chi connectivity index (χ0n) is 16.7. The summed E-state index contributed by atoms with van der Waals surface area (Å²) in [6.07, 6.45) is 5.83. The predicted molar refractivity (Wildman–Crippen MR) is 112 cm³/mol. The van der Waals surface area contributed by atoms with Crippen molar-refractivity contribution in [1.29, 1.82) is 0 Å². The Labute approximate surface area is 171 Å². The molecular weight excluding hydrogens is 376 g/mol. The van der Waals surface area contributed by atoms with Gasteiger partial charge in [0.1, 0.15) is 0 Å². The molecule has 1 aromatic rings. The van der Waals surface area contributed by atoms with Crippen LogP contribution in [-0.4, -0.2) is 41.4 Å². The summed E-state index contributed by atoms with van der Waals surface area (Å²) in [6.45, 7) is 3.53. The van der Waals surface area contributed by atoms with Gasteiger partial charge in [0.15, 0.2) is 6.10 Å². The van der Waals surface area contributed by atoms with Crippen molar-refractivity contribution in [2.75, 3.05) is 16.8 Å². The number of amides is 2. The largest absolute Gasteiger partial charge is 0.452 e. The number of carbonyl (C=O) groups is 3. The van der Waals surface area contributed by atoms with Crippen LogP contribution in [0.4, 0.5) is 5.69 Å². The topological polar surface area (TPSA) is 84.5 Å². The fourth-order valence-corrected chi connectivity index (χ4v) is 3.77. The van der Waals surface area contributed by atoms with Crippen LogP contribution in [0.5, 0.6) is 0 Å². The number of benzene rings is 1. The van der Waals surface area contributed by atoms with Crippen molar-refractivity contribution in [2.24, 2.45) is 0 Å². The highest BCUT2D eigenvalue weighted by Gasteiger charge is 2.21. The number of rotatable bonds is 8. The summed E-state index contributed by atoms with van der Waals surface area (Å²) in [6, 6.07) is 7.70. The predicted octanol–water partition coefficient (Wildman–Crippen LogP) is 3.44. The van der Waals surface area contributed by atoms with E-state index >= 15 is 0 Å². The van der Waals surface area contributed by atoms with Gasteiger partial charge in [0.2, 0.25) is 5.91 Å². The number of ether oxygens (including phenoxy) is 1. The molecule has 2 N–H and O–H groups in total. The fraction of sp³-hybridized carbons (Fsp3) is 0.571. The van der Waals surface area contributed by atoms with Crippen molar-refractivity contribution < 1.29 is 19.1 Å². The van der Waals surface area contributed by atoms with Gasteiger partial charge in [-0.3, -0.25) is 14.4 Å². The monoisotopic (exact) mass is 406 g/mol. The van der Waals surface area contributed by atoms with E-state index in [2.05, 4.69) is 10.6 Å². The van der Waals surface area contributed by atoms with Gasteiger partial charge in [-0.05, 0) is 44.4 Å². The Bertz CT molecular complexity index is 672. The average molecular weight is 407 g/mol. The third-order valence-electron chi connectivity index (χ3n) is 4.63. The lowest BCUT2D eigenvalue weighted by molar-refractivity contribution is -0.152. The molecule has 0 radical (unpaired) electrons. The Balaban J connectivity index is 1.64. The Morgan fingerprint density at radius 2 is 1.86 bits per heavy atom. The summed E-state index contributed by atoms with van der Waals surface area (Å²) in [7, 11) is 0. The molecule has 0 bridgehead atoms. The second kappa shape index (κ2) is 11.7. The maximum Gasteiger partial charge on any atom is 0.316 e.